The number of pyridine rings is 1. The fourth-order valence-electron chi connectivity index (χ4n) is 3.75. The Hall–Kier alpha value is -4.39. The summed E-state index contributed by atoms with van der Waals surface area (Å²) in [6.07, 6.45) is 4.87. The van der Waals surface area contributed by atoms with Gasteiger partial charge in [-0.2, -0.15) is 0 Å². The van der Waals surface area contributed by atoms with E-state index in [1.165, 1.54) is 17.2 Å². The third-order valence-corrected chi connectivity index (χ3v) is 5.33. The van der Waals surface area contributed by atoms with Gasteiger partial charge in [0.15, 0.2) is 11.6 Å². The van der Waals surface area contributed by atoms with Crippen LogP contribution in [0.15, 0.2) is 91.1 Å². The lowest BCUT2D eigenvalue weighted by atomic mass is 10.2. The lowest BCUT2D eigenvalue weighted by Gasteiger charge is -2.37. The van der Waals surface area contributed by atoms with Gasteiger partial charge in [-0.3, -0.25) is 14.8 Å². The van der Waals surface area contributed by atoms with Crippen molar-refractivity contribution in [1.82, 2.24) is 4.98 Å². The summed E-state index contributed by atoms with van der Waals surface area (Å²) in [5.41, 5.74) is 1.91. The number of fused-ring (bicyclic) bond motifs is 1. The molecule has 1 aliphatic rings. The number of nitrogens with zero attached hydrogens (tertiary/aromatic N) is 3. The Morgan fingerprint density at radius 3 is 2.58 bits per heavy atom. The molecule has 6 nitrogen and oxygen atoms in total. The van der Waals surface area contributed by atoms with Crippen molar-refractivity contribution in [3.05, 3.63) is 97.0 Å². The normalized spacial score (nSPS) is 13.5. The van der Waals surface area contributed by atoms with E-state index in [9.17, 15) is 4.79 Å². The van der Waals surface area contributed by atoms with Crippen LogP contribution in [0.3, 0.4) is 0 Å². The molecule has 33 heavy (non-hydrogen) atoms. The van der Waals surface area contributed by atoms with E-state index >= 15 is 4.39 Å². The third kappa shape index (κ3) is 3.96. The van der Waals surface area contributed by atoms with Crippen molar-refractivity contribution in [1.29, 1.82) is 0 Å². The van der Waals surface area contributed by atoms with Gasteiger partial charge < -0.3 is 9.47 Å². The zero-order chi connectivity index (χ0) is 22.8. The summed E-state index contributed by atoms with van der Waals surface area (Å²) >= 11 is 0. The second-order valence-corrected chi connectivity index (χ2v) is 7.38. The summed E-state index contributed by atoms with van der Waals surface area (Å²) in [5.74, 6) is 0.493. The van der Waals surface area contributed by atoms with Gasteiger partial charge in [0.2, 0.25) is 0 Å². The number of rotatable bonds is 5. The number of hydrogen-bond donors (Lipinski definition) is 0. The highest BCUT2D eigenvalue weighted by Gasteiger charge is 2.25. The van der Waals surface area contributed by atoms with Gasteiger partial charge in [-0.25, -0.2) is 9.40 Å². The van der Waals surface area contributed by atoms with Crippen molar-refractivity contribution in [2.45, 2.75) is 0 Å². The maximum atomic E-state index is 15.1. The number of carbonyl (C=O) groups is 1. The highest BCUT2D eigenvalue weighted by atomic mass is 19.1. The molecule has 2 heterocycles. The maximum absolute atomic E-state index is 15.1. The maximum Gasteiger partial charge on any atom is 0.269 e. The van der Waals surface area contributed by atoms with Crippen molar-refractivity contribution in [2.75, 3.05) is 23.7 Å². The molecule has 0 radical (unpaired) electrons. The zero-order valence-corrected chi connectivity index (χ0v) is 17.8. The smallest absolute Gasteiger partial charge is 0.269 e. The van der Waals surface area contributed by atoms with Crippen LogP contribution in [-0.4, -0.2) is 24.5 Å². The van der Waals surface area contributed by atoms with Gasteiger partial charge in [0.05, 0.1) is 30.5 Å². The fraction of sp³-hybridized carbons (Fsp3) is 0.0769. The van der Waals surface area contributed by atoms with Crippen molar-refractivity contribution >= 4 is 28.2 Å². The van der Waals surface area contributed by atoms with E-state index in [-0.39, 0.29) is 11.7 Å². The first-order chi connectivity index (χ1) is 16.1. The van der Waals surface area contributed by atoms with E-state index in [1.54, 1.807) is 54.7 Å². The minimum Gasteiger partial charge on any atom is -0.497 e. The number of hydrazine groups is 1. The lowest BCUT2D eigenvalue weighted by Crippen LogP contribution is -2.49. The zero-order valence-electron chi connectivity index (χ0n) is 17.8. The van der Waals surface area contributed by atoms with Crippen molar-refractivity contribution in [3.8, 4) is 17.2 Å². The van der Waals surface area contributed by atoms with Gasteiger partial charge in [0.25, 0.3) is 5.91 Å². The summed E-state index contributed by atoms with van der Waals surface area (Å²) in [5, 5.41) is 3.99. The SMILES string of the molecule is COc1ccc2c(Oc3ccc(N4CC=CC(=O)N4c4ccccc4)cc3F)ccnc2c1. The Labute approximate surface area is 190 Å². The Kier molecular flexibility index (Phi) is 5.36. The Balaban J connectivity index is 1.46. The van der Waals surface area contributed by atoms with Crippen molar-refractivity contribution in [2.24, 2.45) is 0 Å². The van der Waals surface area contributed by atoms with E-state index < -0.39 is 5.82 Å². The number of benzene rings is 3. The second kappa shape index (κ2) is 8.63. The molecule has 0 fully saturated rings. The van der Waals surface area contributed by atoms with E-state index in [4.69, 9.17) is 9.47 Å². The molecule has 0 bridgehead atoms. The molecule has 1 amide bonds. The van der Waals surface area contributed by atoms with Crippen LogP contribution in [0.2, 0.25) is 0 Å². The van der Waals surface area contributed by atoms with Gasteiger partial charge in [-0.05, 0) is 42.5 Å². The van der Waals surface area contributed by atoms with Gasteiger partial charge >= 0.3 is 0 Å². The van der Waals surface area contributed by atoms with Crippen LogP contribution >= 0.6 is 0 Å². The quantitative estimate of drug-likeness (QED) is 0.409. The van der Waals surface area contributed by atoms with Gasteiger partial charge in [-0.1, -0.05) is 24.3 Å². The monoisotopic (exact) mass is 441 g/mol. The highest BCUT2D eigenvalue weighted by Crippen LogP contribution is 2.34. The summed E-state index contributed by atoms with van der Waals surface area (Å²) in [6.45, 7) is 0.428. The van der Waals surface area contributed by atoms with Crippen LogP contribution < -0.4 is 19.5 Å². The minimum atomic E-state index is -0.541. The van der Waals surface area contributed by atoms with Crippen LogP contribution in [0.25, 0.3) is 10.9 Å². The molecule has 0 saturated carbocycles. The predicted octanol–water partition coefficient (Wildman–Crippen LogP) is 5.50. The topological polar surface area (TPSA) is 54.9 Å². The van der Waals surface area contributed by atoms with Gasteiger partial charge in [0, 0.05) is 29.8 Å². The number of ether oxygens (including phenoxy) is 2. The molecular formula is C26H20FN3O3. The molecule has 0 unspecified atom stereocenters. The average Bonchev–Trinajstić information content (AvgIpc) is 2.85. The van der Waals surface area contributed by atoms with Crippen LogP contribution in [0.4, 0.5) is 15.8 Å². The largest absolute Gasteiger partial charge is 0.497 e. The summed E-state index contributed by atoms with van der Waals surface area (Å²) in [6, 6.07) is 21.0. The number of anilines is 2. The predicted molar refractivity (Wildman–Crippen MR) is 125 cm³/mol. The number of methoxy groups -OCH3 is 1. The number of aromatic nitrogens is 1. The molecule has 0 saturated heterocycles. The molecule has 1 aliphatic heterocycles. The van der Waals surface area contributed by atoms with Crippen molar-refractivity contribution < 1.29 is 18.7 Å². The van der Waals surface area contributed by atoms with Crippen LogP contribution in [0.1, 0.15) is 0 Å². The molecule has 0 N–H and O–H groups in total. The van der Waals surface area contributed by atoms with E-state index in [2.05, 4.69) is 4.98 Å². The molecular weight excluding hydrogens is 421 g/mol. The third-order valence-electron chi connectivity index (χ3n) is 5.33. The average molecular weight is 441 g/mol. The van der Waals surface area contributed by atoms with Gasteiger partial charge in [0.1, 0.15) is 11.5 Å². The molecule has 0 atom stereocenters. The molecule has 1 aromatic heterocycles. The van der Waals surface area contributed by atoms with Crippen LogP contribution in [0, 0.1) is 5.82 Å². The molecule has 7 heteroatoms. The number of amides is 1. The Morgan fingerprint density at radius 2 is 1.79 bits per heavy atom. The Bertz CT molecular complexity index is 1360. The first-order valence-corrected chi connectivity index (χ1v) is 10.4. The van der Waals surface area contributed by atoms with E-state index in [1.807, 2.05) is 36.4 Å². The molecule has 4 aromatic rings. The molecule has 3 aromatic carbocycles. The summed E-state index contributed by atoms with van der Waals surface area (Å²) in [7, 11) is 1.59. The number of hydrogen-bond acceptors (Lipinski definition) is 5. The molecule has 0 aliphatic carbocycles. The molecule has 5 rings (SSSR count). The van der Waals surface area contributed by atoms with E-state index in [0.717, 1.165) is 5.39 Å². The van der Waals surface area contributed by atoms with E-state index in [0.29, 0.717) is 34.9 Å². The van der Waals surface area contributed by atoms with Crippen LogP contribution in [0.5, 0.6) is 17.2 Å². The summed E-state index contributed by atoms with van der Waals surface area (Å²) < 4.78 is 26.3. The number of para-hydroxylation sites is 1. The first kappa shape index (κ1) is 20.5. The second-order valence-electron chi connectivity index (χ2n) is 7.38. The van der Waals surface area contributed by atoms with Gasteiger partial charge in [-0.15, -0.1) is 0 Å². The number of carbonyl (C=O) groups excluding carboxylic acids is 1. The van der Waals surface area contributed by atoms with Crippen molar-refractivity contribution in [3.63, 3.8) is 0 Å². The lowest BCUT2D eigenvalue weighted by molar-refractivity contribution is -0.114. The Morgan fingerprint density at radius 1 is 0.939 bits per heavy atom. The molecule has 164 valence electrons. The van der Waals surface area contributed by atoms with Crippen LogP contribution in [-0.2, 0) is 4.79 Å². The minimum absolute atomic E-state index is 0.0761. The summed E-state index contributed by atoms with van der Waals surface area (Å²) in [4.78, 5) is 16.9. The highest BCUT2D eigenvalue weighted by molar-refractivity contribution is 6.04. The number of halogens is 1. The fourth-order valence-corrected chi connectivity index (χ4v) is 3.75. The standard InChI is InChI=1S/C26H20FN3O3/c1-32-20-10-11-21-23(17-20)28-14-13-24(21)33-25-12-9-19(16-22(25)27)29-15-5-8-26(31)30(29)18-6-3-2-4-7-18/h2-14,16-17H,15H2,1H3. The first-order valence-electron chi connectivity index (χ1n) is 10.4. The molecule has 0 spiro atoms.